The van der Waals surface area contributed by atoms with Crippen LogP contribution in [-0.2, 0) is 16.2 Å². The van der Waals surface area contributed by atoms with Crippen LogP contribution in [0.1, 0.15) is 74.9 Å². The Hall–Kier alpha value is -15.6. The summed E-state index contributed by atoms with van der Waals surface area (Å²) in [5, 5.41) is 11.6. The maximum atomic E-state index is 6.09. The van der Waals surface area contributed by atoms with Crippen LogP contribution in [0.5, 0.6) is 0 Å². The van der Waals surface area contributed by atoms with E-state index in [-0.39, 0.29) is 16.2 Å². The van der Waals surface area contributed by atoms with Gasteiger partial charge in [0.25, 0.3) is 0 Å². The smallest absolute Gasteiger partial charge is 0.135 e. The second kappa shape index (κ2) is 26.2. The van der Waals surface area contributed by atoms with Crippen LogP contribution in [0.15, 0.2) is 366 Å². The van der Waals surface area contributed by atoms with Gasteiger partial charge in [-0.05, 0) is 258 Å². The topological polar surface area (TPSA) is 119 Å². The molecule has 11 heteroatoms. The van der Waals surface area contributed by atoms with Gasteiger partial charge >= 0.3 is 0 Å². The zero-order chi connectivity index (χ0) is 81.9. The number of para-hydroxylation sites is 4. The second-order valence-corrected chi connectivity index (χ2v) is 34.7. The van der Waals surface area contributed by atoms with Gasteiger partial charge in [0.2, 0.25) is 0 Å². The third kappa shape index (κ3) is 10.5. The molecule has 0 aliphatic heterocycles. The van der Waals surface area contributed by atoms with Crippen molar-refractivity contribution in [3.63, 3.8) is 0 Å². The molecule has 0 saturated heterocycles. The normalized spacial score (nSPS) is 13.8. The lowest BCUT2D eigenvalue weighted by Gasteiger charge is -2.22. The van der Waals surface area contributed by atoms with Crippen molar-refractivity contribution in [2.45, 2.75) is 57.8 Å². The Morgan fingerprint density at radius 3 is 0.919 bits per heavy atom. The lowest BCUT2D eigenvalue weighted by atomic mass is 9.82. The molecule has 582 valence electrons. The van der Waals surface area contributed by atoms with E-state index in [1.807, 2.05) is 98.1 Å². The van der Waals surface area contributed by atoms with E-state index < -0.39 is 0 Å². The zero-order valence-corrected chi connectivity index (χ0v) is 68.3. The number of nitrogens with zero attached hydrogens (tertiary/aromatic N) is 8. The standard InChI is InChI=1S/C38H26N2O.2C37H25N3O/c1-38(2)32-14-11-23(24-12-16-37-31(20-24)28-8-4-6-10-36(28)41-37)19-29(32)30-21-25(13-15-33(30)38)40-34-9-5-3-7-26(34)27-17-18-39-22-35(27)40;1-37(2)29-14-11-22(23-12-16-34-28(20-23)25-7-3-4-10-33(25)41-34)19-26(29)27-21-24(13-15-30(27)37)40-31-8-5-17-38-35(31)36-32(40)9-6-18-39-36;1-37(2)31-10-7-22(23-8-12-36-28(18-23)25-5-3-4-6-35(25)41-36)17-26(31)27-19-24(9-11-32(27)37)40-33-13-15-38-20-29(33)30-21-39-16-14-34(30)40/h3-22H,1-2H3;2*3-21H,1-2H3. The average molecular weight is 1580 g/mol. The third-order valence-corrected chi connectivity index (χ3v) is 27.0. The van der Waals surface area contributed by atoms with Crippen LogP contribution >= 0.6 is 0 Å². The summed E-state index contributed by atoms with van der Waals surface area (Å²) in [6, 6.07) is 109. The minimum Gasteiger partial charge on any atom is -0.456 e. The lowest BCUT2D eigenvalue weighted by molar-refractivity contribution is 0.660. The summed E-state index contributed by atoms with van der Waals surface area (Å²) in [6.07, 6.45) is 15.1. The largest absolute Gasteiger partial charge is 0.456 e. The predicted octanol–water partition coefficient (Wildman–Crippen LogP) is 28.9. The number of pyridine rings is 5. The summed E-state index contributed by atoms with van der Waals surface area (Å²) >= 11 is 0. The van der Waals surface area contributed by atoms with Crippen LogP contribution < -0.4 is 0 Å². The molecule has 24 aromatic rings. The molecule has 11 nitrogen and oxygen atoms in total. The maximum Gasteiger partial charge on any atom is 0.135 e. The third-order valence-electron chi connectivity index (χ3n) is 27.0. The van der Waals surface area contributed by atoms with Crippen LogP contribution in [-0.4, -0.2) is 38.6 Å². The first kappa shape index (κ1) is 70.4. The number of fused-ring (bicyclic) bond motifs is 27. The van der Waals surface area contributed by atoms with Gasteiger partial charge in [-0.3, -0.25) is 24.9 Å². The van der Waals surface area contributed by atoms with Gasteiger partial charge in [0.05, 0.1) is 39.3 Å². The second-order valence-electron chi connectivity index (χ2n) is 34.7. The molecule has 123 heavy (non-hydrogen) atoms. The van der Waals surface area contributed by atoms with Crippen molar-refractivity contribution < 1.29 is 13.3 Å². The Balaban J connectivity index is 0.000000101. The first-order valence-corrected chi connectivity index (χ1v) is 42.1. The Morgan fingerprint density at radius 2 is 0.504 bits per heavy atom. The van der Waals surface area contributed by atoms with Crippen molar-refractivity contribution in [2.75, 3.05) is 0 Å². The molecule has 27 rings (SSSR count). The summed E-state index contributed by atoms with van der Waals surface area (Å²) in [5.41, 5.74) is 40.4. The number of benzene rings is 13. The highest BCUT2D eigenvalue weighted by molar-refractivity contribution is 6.13. The number of furan rings is 3. The summed E-state index contributed by atoms with van der Waals surface area (Å²) in [5.74, 6) is 0. The number of hydrogen-bond acceptors (Lipinski definition) is 8. The molecule has 0 radical (unpaired) electrons. The van der Waals surface area contributed by atoms with Crippen LogP contribution in [0.4, 0.5) is 0 Å². The first-order chi connectivity index (χ1) is 60.2. The molecular weight excluding hydrogens is 1510 g/mol. The molecule has 0 amide bonds. The minimum absolute atomic E-state index is 0.0746. The Kier molecular flexibility index (Phi) is 15.0. The fraction of sp³-hybridized carbons (Fsp3) is 0.0804. The minimum atomic E-state index is -0.0869. The van der Waals surface area contributed by atoms with Gasteiger partial charge in [0.15, 0.2) is 0 Å². The van der Waals surface area contributed by atoms with Crippen molar-refractivity contribution >= 4 is 131 Å². The quantitative estimate of drug-likeness (QED) is 0.161. The Labute approximate surface area is 706 Å². The molecule has 11 heterocycles. The highest BCUT2D eigenvalue weighted by Crippen LogP contribution is 2.55. The van der Waals surface area contributed by atoms with E-state index in [9.17, 15) is 0 Å². The summed E-state index contributed by atoms with van der Waals surface area (Å²) < 4.78 is 25.2. The van der Waals surface area contributed by atoms with Gasteiger partial charge in [-0.2, -0.15) is 0 Å². The molecule has 0 N–H and O–H groups in total. The Morgan fingerprint density at radius 1 is 0.211 bits per heavy atom. The van der Waals surface area contributed by atoms with Gasteiger partial charge in [0.1, 0.15) is 44.5 Å². The van der Waals surface area contributed by atoms with Gasteiger partial charge in [-0.1, -0.05) is 187 Å². The van der Waals surface area contributed by atoms with Gasteiger partial charge in [-0.15, -0.1) is 0 Å². The van der Waals surface area contributed by atoms with Gasteiger partial charge in [-0.25, -0.2) is 0 Å². The summed E-state index contributed by atoms with van der Waals surface area (Å²) in [7, 11) is 0. The fourth-order valence-electron chi connectivity index (χ4n) is 21.0. The van der Waals surface area contributed by atoms with Gasteiger partial charge in [0, 0.05) is 131 Å². The number of rotatable bonds is 6. The van der Waals surface area contributed by atoms with Crippen LogP contribution in [0.3, 0.4) is 0 Å². The van der Waals surface area contributed by atoms with Crippen molar-refractivity contribution in [3.8, 4) is 83.8 Å². The summed E-state index contributed by atoms with van der Waals surface area (Å²) in [6.45, 7) is 14.0. The predicted molar refractivity (Wildman–Crippen MR) is 502 cm³/mol. The highest BCUT2D eigenvalue weighted by Gasteiger charge is 2.40. The summed E-state index contributed by atoms with van der Waals surface area (Å²) in [4.78, 5) is 22.6. The molecule has 0 atom stereocenters. The molecule has 3 aliphatic carbocycles. The van der Waals surface area contributed by atoms with Crippen molar-refractivity contribution in [2.24, 2.45) is 0 Å². The fourth-order valence-corrected chi connectivity index (χ4v) is 21.0. The molecular formula is C112H76N8O3. The SMILES string of the molecule is CC1(C)c2ccc(-c3ccc4oc5ccccc5c4c3)cc2-c2cc(-n3c4ccccc4c4ccncc43)ccc21.CC1(C)c2ccc(-c3ccc4oc5ccccc5c4c3)cc2-c2cc(-n3c4cccnc4c4ncccc43)ccc21.CC1(C)c2ccc(-c3ccc4oc5ccccc5c4c3)cc2-c2cc(-n3c4ccncc4c4cnccc43)ccc21. The molecule has 0 fully saturated rings. The molecule has 0 bridgehead atoms. The number of hydrogen-bond donors (Lipinski definition) is 0. The monoisotopic (exact) mass is 1580 g/mol. The van der Waals surface area contributed by atoms with E-state index in [1.54, 1.807) is 0 Å². The van der Waals surface area contributed by atoms with E-state index in [4.69, 9.17) is 13.3 Å². The van der Waals surface area contributed by atoms with E-state index >= 15 is 0 Å². The molecule has 3 aliphatic rings. The van der Waals surface area contributed by atoms with Gasteiger partial charge < -0.3 is 27.0 Å². The van der Waals surface area contributed by atoms with E-state index in [1.165, 1.54) is 116 Å². The molecule has 0 saturated carbocycles. The molecule has 13 aromatic carbocycles. The lowest BCUT2D eigenvalue weighted by Crippen LogP contribution is -2.14. The molecule has 0 spiro atoms. The first-order valence-electron chi connectivity index (χ1n) is 42.1. The maximum absolute atomic E-state index is 6.09. The Bertz CT molecular complexity index is 7700. The van der Waals surface area contributed by atoms with Crippen molar-refractivity contribution in [3.05, 3.63) is 386 Å². The van der Waals surface area contributed by atoms with E-state index in [0.717, 1.165) is 132 Å². The highest BCUT2D eigenvalue weighted by atomic mass is 16.3. The number of aromatic nitrogens is 8. The molecule has 0 unspecified atom stereocenters. The van der Waals surface area contributed by atoms with Crippen LogP contribution in [0, 0.1) is 0 Å². The van der Waals surface area contributed by atoms with Crippen molar-refractivity contribution in [1.29, 1.82) is 0 Å². The van der Waals surface area contributed by atoms with Crippen molar-refractivity contribution in [1.82, 2.24) is 38.6 Å². The van der Waals surface area contributed by atoms with Crippen LogP contribution in [0.2, 0.25) is 0 Å². The zero-order valence-electron chi connectivity index (χ0n) is 68.3. The van der Waals surface area contributed by atoms with Crippen LogP contribution in [0.25, 0.3) is 215 Å². The van der Waals surface area contributed by atoms with E-state index in [0.29, 0.717) is 0 Å². The van der Waals surface area contributed by atoms with E-state index in [2.05, 4.69) is 335 Å². The average Bonchev–Trinajstić information content (AvgIpc) is 1.56. The molecule has 11 aromatic heterocycles.